The lowest BCUT2D eigenvalue weighted by Crippen LogP contribution is -3.00. The standard InChI is InChI=1S/C15H18N.ClH.H2O/c1-16(2,15-11-7-4-8-12-15)13-14-9-5-3-6-10-14;;/h3-12H,13H2,1-2H3;1H;1H2/q+1;;/p-1. The highest BCUT2D eigenvalue weighted by atomic mass is 35.5. The Morgan fingerprint density at radius 3 is 1.72 bits per heavy atom. The third kappa shape index (κ3) is 4.15. The van der Waals surface area contributed by atoms with E-state index < -0.39 is 0 Å². The van der Waals surface area contributed by atoms with Gasteiger partial charge in [0.1, 0.15) is 12.2 Å². The average Bonchev–Trinajstić information content (AvgIpc) is 2.31. The molecule has 18 heavy (non-hydrogen) atoms. The highest BCUT2D eigenvalue weighted by molar-refractivity contribution is 5.41. The van der Waals surface area contributed by atoms with Crippen LogP contribution < -0.4 is 16.9 Å². The first-order valence-corrected chi connectivity index (χ1v) is 5.61. The van der Waals surface area contributed by atoms with Crippen molar-refractivity contribution in [3.05, 3.63) is 66.2 Å². The zero-order valence-electron chi connectivity index (χ0n) is 10.8. The largest absolute Gasteiger partial charge is 1.00 e. The zero-order chi connectivity index (χ0) is 11.4. The molecular weight excluding hydrogens is 246 g/mol. The monoisotopic (exact) mass is 265 g/mol. The third-order valence-corrected chi connectivity index (χ3v) is 2.88. The first-order chi connectivity index (χ1) is 7.68. The summed E-state index contributed by atoms with van der Waals surface area (Å²) in [6, 6.07) is 21.2. The van der Waals surface area contributed by atoms with Crippen molar-refractivity contribution in [2.45, 2.75) is 6.54 Å². The summed E-state index contributed by atoms with van der Waals surface area (Å²) in [6.45, 7) is 1.02. The fraction of sp³-hybridized carbons (Fsp3) is 0.200. The van der Waals surface area contributed by atoms with E-state index in [1.807, 2.05) is 0 Å². The molecule has 0 amide bonds. The molecule has 0 heterocycles. The number of benzene rings is 2. The Kier molecular flexibility index (Phi) is 6.63. The van der Waals surface area contributed by atoms with E-state index in [0.717, 1.165) is 11.0 Å². The molecule has 0 bridgehead atoms. The molecule has 0 fully saturated rings. The molecule has 2 rings (SSSR count). The summed E-state index contributed by atoms with van der Waals surface area (Å²) in [7, 11) is 4.48. The number of nitrogens with zero attached hydrogens (tertiary/aromatic N) is 1. The normalized spacial score (nSPS) is 10.1. The van der Waals surface area contributed by atoms with Crippen LogP contribution in [0.4, 0.5) is 5.69 Å². The molecule has 0 aliphatic rings. The van der Waals surface area contributed by atoms with E-state index >= 15 is 0 Å². The van der Waals surface area contributed by atoms with Crippen LogP contribution in [-0.2, 0) is 6.54 Å². The van der Waals surface area contributed by atoms with E-state index in [9.17, 15) is 0 Å². The Morgan fingerprint density at radius 2 is 1.22 bits per heavy atom. The molecule has 98 valence electrons. The second-order valence-corrected chi connectivity index (χ2v) is 4.66. The molecule has 0 aliphatic carbocycles. The van der Waals surface area contributed by atoms with Gasteiger partial charge in [-0.3, -0.25) is 4.48 Å². The van der Waals surface area contributed by atoms with E-state index in [0.29, 0.717) is 0 Å². The lowest BCUT2D eigenvalue weighted by atomic mass is 10.2. The van der Waals surface area contributed by atoms with Gasteiger partial charge in [0.2, 0.25) is 0 Å². The molecule has 0 saturated carbocycles. The molecule has 3 heteroatoms. The van der Waals surface area contributed by atoms with Crippen LogP contribution in [-0.4, -0.2) is 19.6 Å². The van der Waals surface area contributed by atoms with Gasteiger partial charge in [-0.15, -0.1) is 0 Å². The molecule has 2 N–H and O–H groups in total. The van der Waals surface area contributed by atoms with E-state index in [1.165, 1.54) is 11.3 Å². The Labute approximate surface area is 115 Å². The fourth-order valence-electron chi connectivity index (χ4n) is 1.96. The molecule has 0 aliphatic heterocycles. The minimum Gasteiger partial charge on any atom is -1.00 e. The lowest BCUT2D eigenvalue weighted by molar-refractivity contribution is -0.00000470. The predicted molar refractivity (Wildman–Crippen MR) is 73.8 cm³/mol. The topological polar surface area (TPSA) is 31.5 Å². The number of para-hydroxylation sites is 1. The molecule has 2 aromatic rings. The second kappa shape index (κ2) is 7.17. The lowest BCUT2D eigenvalue weighted by Gasteiger charge is -2.29. The summed E-state index contributed by atoms with van der Waals surface area (Å²) in [6.07, 6.45) is 0. The Balaban J connectivity index is 0.00000144. The van der Waals surface area contributed by atoms with Crippen molar-refractivity contribution < 1.29 is 17.9 Å². The first-order valence-electron chi connectivity index (χ1n) is 5.61. The van der Waals surface area contributed by atoms with Gasteiger partial charge in [0, 0.05) is 5.56 Å². The average molecular weight is 266 g/mol. The van der Waals surface area contributed by atoms with Gasteiger partial charge in [0.15, 0.2) is 0 Å². The second-order valence-electron chi connectivity index (χ2n) is 4.66. The van der Waals surface area contributed by atoms with Crippen LogP contribution in [0.3, 0.4) is 0 Å². The summed E-state index contributed by atoms with van der Waals surface area (Å²) in [5.74, 6) is 0. The highest BCUT2D eigenvalue weighted by Crippen LogP contribution is 2.21. The zero-order valence-corrected chi connectivity index (χ0v) is 11.6. The molecule has 0 saturated heterocycles. The molecule has 2 nitrogen and oxygen atoms in total. The van der Waals surface area contributed by atoms with Crippen LogP contribution in [0.1, 0.15) is 5.56 Å². The van der Waals surface area contributed by atoms with Crippen molar-refractivity contribution in [1.29, 1.82) is 0 Å². The van der Waals surface area contributed by atoms with Gasteiger partial charge in [-0.05, 0) is 12.1 Å². The predicted octanol–water partition coefficient (Wildman–Crippen LogP) is -0.367. The van der Waals surface area contributed by atoms with Crippen molar-refractivity contribution in [2.75, 3.05) is 14.1 Å². The molecular formula is C15H20ClNO. The number of hydrogen-bond acceptors (Lipinski definition) is 0. The maximum Gasteiger partial charge on any atom is 0.132 e. The number of quaternary nitrogens is 1. The Morgan fingerprint density at radius 1 is 0.778 bits per heavy atom. The van der Waals surface area contributed by atoms with Gasteiger partial charge in [-0.2, -0.15) is 0 Å². The van der Waals surface area contributed by atoms with Gasteiger partial charge in [-0.25, -0.2) is 0 Å². The summed E-state index contributed by atoms with van der Waals surface area (Å²) < 4.78 is 0.880. The van der Waals surface area contributed by atoms with Crippen molar-refractivity contribution in [3.63, 3.8) is 0 Å². The van der Waals surface area contributed by atoms with E-state index in [-0.39, 0.29) is 17.9 Å². The van der Waals surface area contributed by atoms with Crippen molar-refractivity contribution in [1.82, 2.24) is 4.48 Å². The summed E-state index contributed by atoms with van der Waals surface area (Å²) in [5.41, 5.74) is 2.71. The van der Waals surface area contributed by atoms with Crippen LogP contribution >= 0.6 is 0 Å². The van der Waals surface area contributed by atoms with Crippen LogP contribution in [0.5, 0.6) is 0 Å². The molecule has 0 unspecified atom stereocenters. The molecule has 2 aromatic carbocycles. The van der Waals surface area contributed by atoms with Crippen LogP contribution in [0.25, 0.3) is 0 Å². The van der Waals surface area contributed by atoms with Crippen LogP contribution in [0, 0.1) is 0 Å². The molecule has 0 atom stereocenters. The Bertz CT molecular complexity index is 443. The van der Waals surface area contributed by atoms with E-state index in [1.54, 1.807) is 0 Å². The summed E-state index contributed by atoms with van der Waals surface area (Å²) in [4.78, 5) is 0. The van der Waals surface area contributed by atoms with E-state index in [2.05, 4.69) is 74.8 Å². The smallest absolute Gasteiger partial charge is 0.132 e. The van der Waals surface area contributed by atoms with Crippen molar-refractivity contribution >= 4 is 5.69 Å². The number of rotatable bonds is 3. The summed E-state index contributed by atoms with van der Waals surface area (Å²) in [5, 5.41) is 0. The molecule has 0 aromatic heterocycles. The first kappa shape index (κ1) is 16.6. The van der Waals surface area contributed by atoms with Gasteiger partial charge < -0.3 is 17.9 Å². The third-order valence-electron chi connectivity index (χ3n) is 2.88. The Hall–Kier alpha value is -1.35. The van der Waals surface area contributed by atoms with Crippen molar-refractivity contribution in [2.24, 2.45) is 0 Å². The maximum atomic E-state index is 2.24. The van der Waals surface area contributed by atoms with Gasteiger partial charge >= 0.3 is 0 Å². The summed E-state index contributed by atoms with van der Waals surface area (Å²) >= 11 is 0. The SMILES string of the molecule is C[N+](C)(Cc1ccccc1)c1ccccc1.O.[Cl-]. The molecule has 0 spiro atoms. The molecule has 0 radical (unpaired) electrons. The van der Waals surface area contributed by atoms with Crippen LogP contribution in [0.15, 0.2) is 60.7 Å². The van der Waals surface area contributed by atoms with Crippen LogP contribution in [0.2, 0.25) is 0 Å². The quantitative estimate of drug-likeness (QED) is 0.679. The minimum atomic E-state index is 0. The highest BCUT2D eigenvalue weighted by Gasteiger charge is 2.18. The minimum absolute atomic E-state index is 0. The maximum absolute atomic E-state index is 2.24. The number of hydrogen-bond donors (Lipinski definition) is 0. The van der Waals surface area contributed by atoms with Gasteiger partial charge in [0.25, 0.3) is 0 Å². The van der Waals surface area contributed by atoms with Crippen molar-refractivity contribution in [3.8, 4) is 0 Å². The fourth-order valence-corrected chi connectivity index (χ4v) is 1.96. The number of halogens is 1. The van der Waals surface area contributed by atoms with E-state index in [4.69, 9.17) is 0 Å². The van der Waals surface area contributed by atoms with Gasteiger partial charge in [-0.1, -0.05) is 48.5 Å². The van der Waals surface area contributed by atoms with Gasteiger partial charge in [0.05, 0.1) is 14.1 Å².